The second-order valence-electron chi connectivity index (χ2n) is 5.72. The fourth-order valence-electron chi connectivity index (χ4n) is 2.92. The Morgan fingerprint density at radius 2 is 1.67 bits per heavy atom. The summed E-state index contributed by atoms with van der Waals surface area (Å²) < 4.78 is 0. The highest BCUT2D eigenvalue weighted by molar-refractivity contribution is 5.92. The van der Waals surface area contributed by atoms with Crippen LogP contribution in [-0.2, 0) is 9.59 Å². The van der Waals surface area contributed by atoms with Crippen LogP contribution in [0.25, 0.3) is 0 Å². The SMILES string of the molecule is O=C(O)[C@H]1CCCN1C(=O)C=C(C1CC1)C1CC1. The van der Waals surface area contributed by atoms with Gasteiger partial charge in [-0.25, -0.2) is 4.79 Å². The van der Waals surface area contributed by atoms with Crippen molar-refractivity contribution in [1.82, 2.24) is 4.90 Å². The molecule has 4 heteroatoms. The molecule has 0 bridgehead atoms. The molecule has 3 rings (SSSR count). The molecule has 18 heavy (non-hydrogen) atoms. The van der Waals surface area contributed by atoms with Crippen molar-refractivity contribution in [2.75, 3.05) is 6.54 Å². The maximum Gasteiger partial charge on any atom is 0.326 e. The van der Waals surface area contributed by atoms with Crippen molar-refractivity contribution in [1.29, 1.82) is 0 Å². The van der Waals surface area contributed by atoms with Gasteiger partial charge in [-0.1, -0.05) is 5.57 Å². The molecule has 3 aliphatic rings. The lowest BCUT2D eigenvalue weighted by Crippen LogP contribution is -2.39. The summed E-state index contributed by atoms with van der Waals surface area (Å²) in [4.78, 5) is 24.8. The summed E-state index contributed by atoms with van der Waals surface area (Å²) in [6.07, 6.45) is 7.98. The highest BCUT2D eigenvalue weighted by Gasteiger charge is 2.38. The molecule has 2 saturated carbocycles. The van der Waals surface area contributed by atoms with Crippen molar-refractivity contribution in [2.24, 2.45) is 11.8 Å². The number of carbonyl (C=O) groups is 2. The Hall–Kier alpha value is -1.32. The quantitative estimate of drug-likeness (QED) is 0.773. The maximum atomic E-state index is 12.2. The first-order valence-corrected chi connectivity index (χ1v) is 6.91. The van der Waals surface area contributed by atoms with Crippen molar-refractivity contribution >= 4 is 11.9 Å². The highest BCUT2D eigenvalue weighted by atomic mass is 16.4. The number of hydrogen-bond donors (Lipinski definition) is 1. The molecule has 98 valence electrons. The van der Waals surface area contributed by atoms with E-state index in [1.807, 2.05) is 0 Å². The first-order valence-electron chi connectivity index (χ1n) is 6.91. The van der Waals surface area contributed by atoms with Crippen molar-refractivity contribution in [3.8, 4) is 0 Å². The van der Waals surface area contributed by atoms with Gasteiger partial charge in [0.1, 0.15) is 6.04 Å². The van der Waals surface area contributed by atoms with Gasteiger partial charge < -0.3 is 10.0 Å². The topological polar surface area (TPSA) is 57.6 Å². The molecule has 3 fully saturated rings. The van der Waals surface area contributed by atoms with Gasteiger partial charge in [-0.15, -0.1) is 0 Å². The summed E-state index contributed by atoms with van der Waals surface area (Å²) in [5.74, 6) is 0.294. The van der Waals surface area contributed by atoms with Crippen LogP contribution in [0.3, 0.4) is 0 Å². The lowest BCUT2D eigenvalue weighted by molar-refractivity contribution is -0.146. The van der Waals surface area contributed by atoms with Crippen LogP contribution in [0.4, 0.5) is 0 Å². The van der Waals surface area contributed by atoms with Crippen LogP contribution < -0.4 is 0 Å². The molecule has 0 unspecified atom stereocenters. The standard InChI is InChI=1S/C14H19NO3/c16-13(15-7-1-2-12(15)14(17)18)8-11(9-3-4-9)10-5-6-10/h8-10,12H,1-7H2,(H,17,18)/t12-/m1/s1. The summed E-state index contributed by atoms with van der Waals surface area (Å²) in [5, 5.41) is 9.10. The Labute approximate surface area is 107 Å². The van der Waals surface area contributed by atoms with E-state index in [9.17, 15) is 9.59 Å². The first kappa shape index (κ1) is 11.8. The predicted octanol–water partition coefficient (Wildman–Crippen LogP) is 1.81. The first-order chi connectivity index (χ1) is 8.66. The van der Waals surface area contributed by atoms with E-state index >= 15 is 0 Å². The number of rotatable bonds is 4. The van der Waals surface area contributed by atoms with E-state index < -0.39 is 12.0 Å². The van der Waals surface area contributed by atoms with Crippen LogP contribution in [0.1, 0.15) is 38.5 Å². The molecule has 1 heterocycles. The third-order valence-corrected chi connectivity index (χ3v) is 4.21. The van der Waals surface area contributed by atoms with Crippen LogP contribution in [0.5, 0.6) is 0 Å². The molecule has 1 amide bonds. The van der Waals surface area contributed by atoms with Crippen LogP contribution in [0, 0.1) is 11.8 Å². The molecule has 0 aromatic carbocycles. The highest BCUT2D eigenvalue weighted by Crippen LogP contribution is 2.48. The summed E-state index contributed by atoms with van der Waals surface area (Å²) in [5.41, 5.74) is 1.30. The normalized spacial score (nSPS) is 27.1. The van der Waals surface area contributed by atoms with E-state index in [1.165, 1.54) is 36.2 Å². The van der Waals surface area contributed by atoms with Crippen LogP contribution in [0.2, 0.25) is 0 Å². The Bertz CT molecular complexity index is 393. The van der Waals surface area contributed by atoms with Crippen molar-refractivity contribution in [2.45, 2.75) is 44.6 Å². The molecule has 1 N–H and O–H groups in total. The number of carbonyl (C=O) groups excluding carboxylic acids is 1. The van der Waals surface area contributed by atoms with Gasteiger partial charge in [-0.05, 0) is 50.4 Å². The minimum Gasteiger partial charge on any atom is -0.480 e. The smallest absolute Gasteiger partial charge is 0.326 e. The van der Waals surface area contributed by atoms with E-state index in [0.29, 0.717) is 24.8 Å². The fourth-order valence-corrected chi connectivity index (χ4v) is 2.92. The van der Waals surface area contributed by atoms with Gasteiger partial charge >= 0.3 is 5.97 Å². The number of amides is 1. The van der Waals surface area contributed by atoms with Crippen molar-refractivity contribution in [3.05, 3.63) is 11.6 Å². The molecule has 1 aliphatic heterocycles. The molecule has 0 aromatic rings. The minimum atomic E-state index is -0.867. The maximum absolute atomic E-state index is 12.2. The van der Waals surface area contributed by atoms with E-state index in [0.717, 1.165) is 6.42 Å². The third-order valence-electron chi connectivity index (χ3n) is 4.21. The molecule has 0 aromatic heterocycles. The molecule has 0 radical (unpaired) electrons. The Morgan fingerprint density at radius 3 is 2.17 bits per heavy atom. The van der Waals surface area contributed by atoms with Crippen molar-refractivity contribution < 1.29 is 14.7 Å². The van der Waals surface area contributed by atoms with Crippen molar-refractivity contribution in [3.63, 3.8) is 0 Å². The molecule has 4 nitrogen and oxygen atoms in total. The molecule has 1 saturated heterocycles. The Morgan fingerprint density at radius 1 is 1.06 bits per heavy atom. The number of allylic oxidation sites excluding steroid dienone is 1. The zero-order chi connectivity index (χ0) is 12.7. The van der Waals surface area contributed by atoms with Gasteiger partial charge in [-0.3, -0.25) is 4.79 Å². The van der Waals surface area contributed by atoms with Gasteiger partial charge in [0, 0.05) is 12.6 Å². The van der Waals surface area contributed by atoms with Crippen LogP contribution in [-0.4, -0.2) is 34.5 Å². The summed E-state index contributed by atoms with van der Waals surface area (Å²) >= 11 is 0. The van der Waals surface area contributed by atoms with E-state index in [4.69, 9.17) is 5.11 Å². The fraction of sp³-hybridized carbons (Fsp3) is 0.714. The van der Waals surface area contributed by atoms with E-state index in [-0.39, 0.29) is 5.91 Å². The lowest BCUT2D eigenvalue weighted by atomic mass is 10.1. The monoisotopic (exact) mass is 249 g/mol. The minimum absolute atomic E-state index is 0.0753. The van der Waals surface area contributed by atoms with E-state index in [1.54, 1.807) is 6.08 Å². The number of likely N-dealkylation sites (tertiary alicyclic amines) is 1. The predicted molar refractivity (Wildman–Crippen MR) is 65.9 cm³/mol. The number of hydrogen-bond acceptors (Lipinski definition) is 2. The molecule has 2 aliphatic carbocycles. The van der Waals surface area contributed by atoms with Gasteiger partial charge in [-0.2, -0.15) is 0 Å². The largest absolute Gasteiger partial charge is 0.480 e. The van der Waals surface area contributed by atoms with Gasteiger partial charge in [0.2, 0.25) is 5.91 Å². The number of aliphatic carboxylic acids is 1. The third kappa shape index (κ3) is 2.28. The average Bonchev–Trinajstić information content (AvgIpc) is 3.24. The molecular formula is C14H19NO3. The summed E-state index contributed by atoms with van der Waals surface area (Å²) in [6, 6.07) is -0.603. The zero-order valence-electron chi connectivity index (χ0n) is 10.5. The summed E-state index contributed by atoms with van der Waals surface area (Å²) in [6.45, 7) is 0.592. The molecular weight excluding hydrogens is 230 g/mol. The zero-order valence-corrected chi connectivity index (χ0v) is 10.5. The van der Waals surface area contributed by atoms with Gasteiger partial charge in [0.15, 0.2) is 0 Å². The molecule has 1 atom stereocenters. The lowest BCUT2D eigenvalue weighted by Gasteiger charge is -2.20. The van der Waals surface area contributed by atoms with E-state index in [2.05, 4.69) is 0 Å². The number of carboxylic acids is 1. The Kier molecular flexibility index (Phi) is 2.88. The average molecular weight is 249 g/mol. The summed E-state index contributed by atoms with van der Waals surface area (Å²) in [7, 11) is 0. The second-order valence-corrected chi connectivity index (χ2v) is 5.72. The number of carboxylic acid groups (broad SMARTS) is 1. The Balaban J connectivity index is 1.73. The van der Waals surface area contributed by atoms with Crippen LogP contribution >= 0.6 is 0 Å². The number of nitrogens with zero attached hydrogens (tertiary/aromatic N) is 1. The molecule has 0 spiro atoms. The second kappa shape index (κ2) is 4.41. The van der Waals surface area contributed by atoms with Gasteiger partial charge in [0.05, 0.1) is 0 Å². The van der Waals surface area contributed by atoms with Crippen LogP contribution in [0.15, 0.2) is 11.6 Å². The van der Waals surface area contributed by atoms with Gasteiger partial charge in [0.25, 0.3) is 0 Å².